The minimum atomic E-state index is -0.456. The lowest BCUT2D eigenvalue weighted by molar-refractivity contribution is 0.0523. The van der Waals surface area contributed by atoms with Gasteiger partial charge in [0.2, 0.25) is 0 Å². The van der Waals surface area contributed by atoms with Crippen molar-refractivity contribution in [2.24, 2.45) is 0 Å². The average Bonchev–Trinajstić information content (AvgIpc) is 3.17. The third kappa shape index (κ3) is 5.61. The number of benzene rings is 1. The van der Waals surface area contributed by atoms with Crippen LogP contribution in [-0.2, 0) is 17.8 Å². The molecular formula is C16H24N2O2. The molecular weight excluding hydrogens is 252 g/mol. The fraction of sp³-hybridized carbons (Fsp3) is 0.562. The lowest BCUT2D eigenvalue weighted by Crippen LogP contribution is -2.32. The Morgan fingerprint density at radius 2 is 1.70 bits per heavy atom. The molecule has 0 unspecified atom stereocenters. The van der Waals surface area contributed by atoms with Gasteiger partial charge in [-0.3, -0.25) is 0 Å². The molecule has 20 heavy (non-hydrogen) atoms. The molecule has 0 aliphatic heterocycles. The largest absolute Gasteiger partial charge is 0.444 e. The van der Waals surface area contributed by atoms with Crippen LogP contribution in [0.25, 0.3) is 0 Å². The Kier molecular flexibility index (Phi) is 4.65. The molecule has 0 radical (unpaired) electrons. The van der Waals surface area contributed by atoms with Gasteiger partial charge in [-0.15, -0.1) is 0 Å². The zero-order valence-corrected chi connectivity index (χ0v) is 12.5. The minimum absolute atomic E-state index is 0.378. The molecule has 0 atom stereocenters. The number of nitrogens with one attached hydrogen (secondary N) is 2. The van der Waals surface area contributed by atoms with Crippen LogP contribution in [0.15, 0.2) is 24.3 Å². The summed E-state index contributed by atoms with van der Waals surface area (Å²) < 4.78 is 5.19. The highest BCUT2D eigenvalue weighted by molar-refractivity contribution is 5.67. The van der Waals surface area contributed by atoms with Gasteiger partial charge in [0, 0.05) is 19.1 Å². The molecule has 4 heteroatoms. The van der Waals surface area contributed by atoms with Gasteiger partial charge in [-0.2, -0.15) is 0 Å². The van der Waals surface area contributed by atoms with Gasteiger partial charge >= 0.3 is 6.09 Å². The average molecular weight is 276 g/mol. The highest BCUT2D eigenvalue weighted by Gasteiger charge is 2.19. The highest BCUT2D eigenvalue weighted by atomic mass is 16.6. The first kappa shape index (κ1) is 14.9. The summed E-state index contributed by atoms with van der Waals surface area (Å²) in [5.41, 5.74) is 1.89. The highest BCUT2D eigenvalue weighted by Crippen LogP contribution is 2.19. The number of ether oxygens (including phenoxy) is 1. The Balaban J connectivity index is 1.73. The van der Waals surface area contributed by atoms with Crippen molar-refractivity contribution in [3.63, 3.8) is 0 Å². The minimum Gasteiger partial charge on any atom is -0.444 e. The molecule has 2 rings (SSSR count). The van der Waals surface area contributed by atoms with Crippen molar-refractivity contribution in [3.8, 4) is 0 Å². The first-order chi connectivity index (χ1) is 9.42. The molecule has 1 fully saturated rings. The van der Waals surface area contributed by atoms with Gasteiger partial charge in [-0.1, -0.05) is 24.3 Å². The van der Waals surface area contributed by atoms with Gasteiger partial charge in [-0.05, 0) is 44.7 Å². The monoisotopic (exact) mass is 276 g/mol. The standard InChI is InChI=1S/C16H24N2O2/c1-16(2,3)20-15(19)18-11-13-6-4-12(5-7-13)10-17-14-8-9-14/h4-7,14,17H,8-11H2,1-3H3,(H,18,19). The molecule has 1 amide bonds. The summed E-state index contributed by atoms with van der Waals surface area (Å²) in [4.78, 5) is 11.5. The fourth-order valence-corrected chi connectivity index (χ4v) is 1.81. The van der Waals surface area contributed by atoms with Gasteiger partial charge in [0.05, 0.1) is 0 Å². The van der Waals surface area contributed by atoms with Gasteiger partial charge in [0.15, 0.2) is 0 Å². The molecule has 110 valence electrons. The van der Waals surface area contributed by atoms with Crippen molar-refractivity contribution in [2.75, 3.05) is 0 Å². The predicted octanol–water partition coefficient (Wildman–Crippen LogP) is 2.96. The number of rotatable bonds is 5. The van der Waals surface area contributed by atoms with E-state index in [-0.39, 0.29) is 6.09 Å². The fourth-order valence-electron chi connectivity index (χ4n) is 1.81. The molecule has 0 aromatic heterocycles. The summed E-state index contributed by atoms with van der Waals surface area (Å²) >= 11 is 0. The molecule has 1 aromatic rings. The van der Waals surface area contributed by atoms with Crippen molar-refractivity contribution in [3.05, 3.63) is 35.4 Å². The van der Waals surface area contributed by atoms with E-state index in [0.29, 0.717) is 6.54 Å². The van der Waals surface area contributed by atoms with Crippen LogP contribution in [0.4, 0.5) is 4.79 Å². The Labute approximate surface area is 120 Å². The number of hydrogen-bond acceptors (Lipinski definition) is 3. The number of carbonyl (C=O) groups excluding carboxylic acids is 1. The summed E-state index contributed by atoms with van der Waals surface area (Å²) in [7, 11) is 0. The van der Waals surface area contributed by atoms with Crippen LogP contribution in [0.5, 0.6) is 0 Å². The van der Waals surface area contributed by atoms with Gasteiger partial charge in [0.25, 0.3) is 0 Å². The molecule has 1 aromatic carbocycles. The Morgan fingerprint density at radius 1 is 1.15 bits per heavy atom. The second-order valence-corrected chi connectivity index (χ2v) is 6.33. The zero-order valence-electron chi connectivity index (χ0n) is 12.5. The maximum absolute atomic E-state index is 11.5. The normalized spacial score (nSPS) is 14.9. The van der Waals surface area contributed by atoms with Gasteiger partial charge < -0.3 is 15.4 Å². The third-order valence-corrected chi connectivity index (χ3v) is 3.03. The number of carbonyl (C=O) groups is 1. The summed E-state index contributed by atoms with van der Waals surface area (Å²) in [6.45, 7) is 6.98. The number of amides is 1. The smallest absolute Gasteiger partial charge is 0.407 e. The maximum atomic E-state index is 11.5. The van der Waals surface area contributed by atoms with E-state index in [4.69, 9.17) is 4.74 Å². The summed E-state index contributed by atoms with van der Waals surface area (Å²) in [6.07, 6.45) is 2.23. The Morgan fingerprint density at radius 3 is 2.20 bits per heavy atom. The van der Waals surface area contributed by atoms with Crippen LogP contribution < -0.4 is 10.6 Å². The van der Waals surface area contributed by atoms with Crippen molar-refractivity contribution < 1.29 is 9.53 Å². The molecule has 1 aliphatic carbocycles. The summed E-state index contributed by atoms with van der Waals surface area (Å²) in [6, 6.07) is 9.01. The topological polar surface area (TPSA) is 50.4 Å². The van der Waals surface area contributed by atoms with E-state index in [1.165, 1.54) is 18.4 Å². The molecule has 4 nitrogen and oxygen atoms in total. The van der Waals surface area contributed by atoms with Gasteiger partial charge in [-0.25, -0.2) is 4.79 Å². The lowest BCUT2D eigenvalue weighted by atomic mass is 10.1. The van der Waals surface area contributed by atoms with E-state index in [2.05, 4.69) is 22.8 Å². The first-order valence-electron chi connectivity index (χ1n) is 7.20. The molecule has 1 aliphatic rings. The van der Waals surface area contributed by atoms with Crippen LogP contribution in [0.1, 0.15) is 44.7 Å². The summed E-state index contributed by atoms with van der Waals surface area (Å²) in [5.74, 6) is 0. The van der Waals surface area contributed by atoms with Crippen molar-refractivity contribution in [1.82, 2.24) is 10.6 Å². The Hall–Kier alpha value is -1.55. The summed E-state index contributed by atoms with van der Waals surface area (Å²) in [5, 5.41) is 6.24. The molecule has 0 heterocycles. The number of alkyl carbamates (subject to hydrolysis) is 1. The van der Waals surface area contributed by atoms with Gasteiger partial charge in [0.1, 0.15) is 5.60 Å². The van der Waals surface area contributed by atoms with E-state index in [0.717, 1.165) is 18.2 Å². The zero-order chi connectivity index (χ0) is 14.6. The molecule has 0 spiro atoms. The second kappa shape index (κ2) is 6.27. The first-order valence-corrected chi connectivity index (χ1v) is 7.20. The van der Waals surface area contributed by atoms with Crippen LogP contribution in [0.2, 0.25) is 0 Å². The molecule has 0 bridgehead atoms. The van der Waals surface area contributed by atoms with E-state index in [9.17, 15) is 4.79 Å². The molecule has 2 N–H and O–H groups in total. The van der Waals surface area contributed by atoms with Crippen LogP contribution in [0.3, 0.4) is 0 Å². The van der Waals surface area contributed by atoms with Crippen LogP contribution >= 0.6 is 0 Å². The quantitative estimate of drug-likeness (QED) is 0.869. The van der Waals surface area contributed by atoms with Crippen LogP contribution in [-0.4, -0.2) is 17.7 Å². The van der Waals surface area contributed by atoms with Crippen molar-refractivity contribution >= 4 is 6.09 Å². The molecule has 1 saturated carbocycles. The number of hydrogen-bond donors (Lipinski definition) is 2. The maximum Gasteiger partial charge on any atom is 0.407 e. The lowest BCUT2D eigenvalue weighted by Gasteiger charge is -2.19. The van der Waals surface area contributed by atoms with Crippen molar-refractivity contribution in [1.29, 1.82) is 0 Å². The van der Waals surface area contributed by atoms with E-state index in [1.807, 2.05) is 32.9 Å². The third-order valence-electron chi connectivity index (χ3n) is 3.03. The van der Waals surface area contributed by atoms with E-state index in [1.54, 1.807) is 0 Å². The predicted molar refractivity (Wildman–Crippen MR) is 79.4 cm³/mol. The molecule has 0 saturated heterocycles. The van der Waals surface area contributed by atoms with Crippen molar-refractivity contribution in [2.45, 2.75) is 58.3 Å². The van der Waals surface area contributed by atoms with E-state index < -0.39 is 5.60 Å². The SMILES string of the molecule is CC(C)(C)OC(=O)NCc1ccc(CNC2CC2)cc1. The van der Waals surface area contributed by atoms with E-state index >= 15 is 0 Å². The van der Waals surface area contributed by atoms with Crippen LogP contribution in [0, 0.1) is 0 Å². The Bertz CT molecular complexity index is 445. The second-order valence-electron chi connectivity index (χ2n) is 6.33.